The predicted molar refractivity (Wildman–Crippen MR) is 530 cm³/mol. The molecule has 6 bridgehead atoms. The second kappa shape index (κ2) is 43.7. The molecule has 6 aromatic rings. The van der Waals surface area contributed by atoms with E-state index >= 15 is 0 Å². The molecule has 9 saturated heterocycles. The Kier molecular flexibility index (Phi) is 35.2. The van der Waals surface area contributed by atoms with Crippen molar-refractivity contribution in [2.75, 3.05) is 94.5 Å². The van der Waals surface area contributed by atoms with Crippen molar-refractivity contribution in [1.82, 2.24) is 29.8 Å². The topological polar surface area (TPSA) is 346 Å². The molecular formula is C98H130B5Br2F6N9O21. The summed E-state index contributed by atoms with van der Waals surface area (Å²) >= 11 is 6.82. The Balaban J connectivity index is 0.000000189. The van der Waals surface area contributed by atoms with Crippen LogP contribution in [0.3, 0.4) is 0 Å². The van der Waals surface area contributed by atoms with Crippen LogP contribution in [0.4, 0.5) is 77.0 Å². The summed E-state index contributed by atoms with van der Waals surface area (Å²) < 4.78 is 144. The van der Waals surface area contributed by atoms with Crippen LogP contribution in [-0.2, 0) is 68.4 Å². The molecule has 9 aliphatic heterocycles. The number of nitrogens with zero attached hydrogens (tertiary/aromatic N) is 5. The smallest absolute Gasteiger partial charge is 0.444 e. The van der Waals surface area contributed by atoms with Crippen LogP contribution in [0, 0.1) is 70.4 Å². The minimum absolute atomic E-state index is 0.00165. The van der Waals surface area contributed by atoms with Crippen LogP contribution in [0.2, 0.25) is 0 Å². The first-order valence-corrected chi connectivity index (χ1v) is 48.1. The van der Waals surface area contributed by atoms with E-state index in [1.807, 2.05) is 156 Å². The van der Waals surface area contributed by atoms with Crippen molar-refractivity contribution in [3.8, 4) is 0 Å². The number of urea groups is 3. The van der Waals surface area contributed by atoms with Gasteiger partial charge in [-0.25, -0.2) is 59.9 Å². The Labute approximate surface area is 842 Å². The molecule has 0 saturated carbocycles. The number of hydrogen-bond acceptors (Lipinski definition) is 22. The molecule has 6 unspecified atom stereocenters. The van der Waals surface area contributed by atoms with Gasteiger partial charge in [0.25, 0.3) is 0 Å². The zero-order valence-corrected chi connectivity index (χ0v) is 87.6. The maximum Gasteiger partial charge on any atom is 0.519 e. The Bertz CT molecular complexity index is 5240. The first-order chi connectivity index (χ1) is 65.0. The van der Waals surface area contributed by atoms with Crippen molar-refractivity contribution in [1.29, 1.82) is 0 Å². The monoisotopic (exact) mass is 2100 g/mol. The summed E-state index contributed by atoms with van der Waals surface area (Å²) in [5, 5.41) is 46.8. The highest BCUT2D eigenvalue weighted by molar-refractivity contribution is 9.10. The predicted octanol–water partition coefficient (Wildman–Crippen LogP) is 17.1. The van der Waals surface area contributed by atoms with Gasteiger partial charge in [0, 0.05) is 174 Å². The third kappa shape index (κ3) is 28.2. The van der Waals surface area contributed by atoms with Gasteiger partial charge in [-0.15, -0.1) is 0 Å². The molecule has 15 rings (SSSR count). The number of carbonyl (C=O) groups excluding carboxylic acids is 7. The van der Waals surface area contributed by atoms with Crippen molar-refractivity contribution >= 4 is 134 Å². The Morgan fingerprint density at radius 2 is 0.574 bits per heavy atom. The van der Waals surface area contributed by atoms with Crippen LogP contribution in [0.1, 0.15) is 183 Å². The number of halogens is 8. The second-order valence-corrected chi connectivity index (χ2v) is 45.4. The molecule has 6 atom stereocenters. The summed E-state index contributed by atoms with van der Waals surface area (Å²) in [4.78, 5) is 94.5. The summed E-state index contributed by atoms with van der Waals surface area (Å²) in [5.74, 6) is -7.30. The third-order valence-electron chi connectivity index (χ3n) is 26.7. The van der Waals surface area contributed by atoms with Crippen LogP contribution < -0.4 is 26.7 Å². The lowest BCUT2D eigenvalue weighted by molar-refractivity contribution is -0.154. The Morgan fingerprint density at radius 3 is 0.823 bits per heavy atom. The number of nitrogens with one attached hydrogen (secondary N) is 4. The van der Waals surface area contributed by atoms with Gasteiger partial charge in [-0.3, -0.25) is 0 Å². The van der Waals surface area contributed by atoms with Crippen LogP contribution in [0.5, 0.6) is 0 Å². The maximum atomic E-state index is 13.7. The van der Waals surface area contributed by atoms with Crippen LogP contribution in [0.25, 0.3) is 0 Å². The fourth-order valence-corrected chi connectivity index (χ4v) is 18.3. The average Bonchev–Trinajstić information content (AvgIpc) is 0.862. The highest BCUT2D eigenvalue weighted by atomic mass is 79.9. The van der Waals surface area contributed by atoms with Crippen molar-refractivity contribution in [2.24, 2.45) is 35.5 Å². The van der Waals surface area contributed by atoms with Gasteiger partial charge >= 0.3 is 63.7 Å². The number of hydrogen-bond donors (Lipinski definition) is 7. The van der Waals surface area contributed by atoms with Crippen LogP contribution in [0.15, 0.2) is 136 Å². The number of amides is 8. The summed E-state index contributed by atoms with van der Waals surface area (Å²) in [6, 6.07) is 29.4. The van der Waals surface area contributed by atoms with E-state index in [1.165, 1.54) is 9.80 Å². The lowest BCUT2D eigenvalue weighted by Gasteiger charge is -2.55. The van der Waals surface area contributed by atoms with Crippen molar-refractivity contribution < 1.29 is 127 Å². The molecule has 141 heavy (non-hydrogen) atoms. The first-order valence-electron chi connectivity index (χ1n) is 46.5. The fraction of sp³-hybridized carbons (Fsp3) is 0.561. The lowest BCUT2D eigenvalue weighted by atomic mass is 9.49. The number of rotatable bonds is 8. The highest BCUT2D eigenvalue weighted by Crippen LogP contribution is 2.51. The van der Waals surface area contributed by atoms with Gasteiger partial charge in [-0.2, -0.15) is 0 Å². The molecule has 7 N–H and O–H groups in total. The molecule has 6 aromatic carbocycles. The fourth-order valence-electron chi connectivity index (χ4n) is 17.8. The number of aliphatic hydroxyl groups is 3. The van der Waals surface area contributed by atoms with Crippen molar-refractivity contribution in [3.05, 3.63) is 188 Å². The van der Waals surface area contributed by atoms with Gasteiger partial charge in [-0.05, 0) is 249 Å². The molecule has 9 fully saturated rings. The highest BCUT2D eigenvalue weighted by Gasteiger charge is 2.65. The van der Waals surface area contributed by atoms with Gasteiger partial charge in [-0.1, -0.05) is 80.4 Å². The molecule has 9 heterocycles. The first kappa shape index (κ1) is 114. The third-order valence-corrected chi connectivity index (χ3v) is 27.7. The number of piperidine rings is 6. The Morgan fingerprint density at radius 1 is 0.355 bits per heavy atom. The number of fused-ring (bicyclic) bond motifs is 6. The van der Waals surface area contributed by atoms with Crippen LogP contribution >= 0.6 is 31.9 Å². The van der Waals surface area contributed by atoms with E-state index in [9.17, 15) is 75.2 Å². The van der Waals surface area contributed by atoms with Gasteiger partial charge < -0.3 is 113 Å². The molecule has 0 spiro atoms. The normalized spacial score (nSPS) is 24.7. The molecule has 0 aromatic heterocycles. The molecule has 764 valence electrons. The Hall–Kier alpha value is -9.13. The van der Waals surface area contributed by atoms with E-state index in [-0.39, 0.29) is 104 Å². The average molecular weight is 2100 g/mol. The summed E-state index contributed by atoms with van der Waals surface area (Å²) in [6.45, 7) is 47.8. The molecular weight excluding hydrogens is 1970 g/mol. The van der Waals surface area contributed by atoms with Gasteiger partial charge in [0.05, 0.1) is 33.6 Å². The number of benzene rings is 6. The van der Waals surface area contributed by atoms with E-state index in [0.717, 1.165) is 74.6 Å². The van der Waals surface area contributed by atoms with E-state index < -0.39 is 173 Å². The van der Waals surface area contributed by atoms with Crippen molar-refractivity contribution in [3.63, 3.8) is 0 Å². The molecule has 9 aliphatic rings. The SMILES string of the molecule is CC(C)(C)OC(=O)N1CC2CN(C(=O)Nc3cc(F)cc(F)c3)CC(C1)C2(O)c1ccc(B2OC(C)(C)C(C)(C)O2)cc1.CC(C)(C)OC(=O)N1CC2CN(C(=O)Nc3cc(F)cc(F)c3)CC(C1)C2(O)c1ccc(Br)cc1.CC(C)(C)OC(=O)OC(=O)OC(C)(C)C.CC1(C)OB(B2OC(C)(C)C(C)(C)O2)OC1(C)C.O=C(Nc1cc(F)cc(F)c1)N1CC2CNCC(C1)C2(O)c1ccc(Br)cc1.[B][B]. The zero-order chi connectivity index (χ0) is 105. The number of ether oxygens (including phenoxy) is 5. The van der Waals surface area contributed by atoms with Gasteiger partial charge in [0.1, 0.15) is 74.1 Å². The molecule has 43 heteroatoms. The lowest BCUT2D eigenvalue weighted by Crippen LogP contribution is -2.67. The van der Waals surface area contributed by atoms with E-state index in [4.69, 9.17) is 46.9 Å². The largest absolute Gasteiger partial charge is 0.519 e. The van der Waals surface area contributed by atoms with Crippen LogP contribution in [-0.4, -0.2) is 254 Å². The molecule has 4 radical (unpaired) electrons. The molecule has 0 aliphatic carbocycles. The van der Waals surface area contributed by atoms with E-state index in [0.29, 0.717) is 37.3 Å². The number of carbonyl (C=O) groups is 7. The summed E-state index contributed by atoms with van der Waals surface area (Å²) in [6.07, 6.45) is -3.08. The minimum Gasteiger partial charge on any atom is -0.444 e. The number of likely N-dealkylation sites (tertiary alicyclic amines) is 5. The number of anilines is 3. The zero-order valence-electron chi connectivity index (χ0n) is 84.4. The molecule has 30 nitrogen and oxygen atoms in total. The van der Waals surface area contributed by atoms with Gasteiger partial charge in [0.2, 0.25) is 0 Å². The summed E-state index contributed by atoms with van der Waals surface area (Å²) in [5.41, 5.74) is -5.82. The van der Waals surface area contributed by atoms with E-state index in [2.05, 4.69) is 73.3 Å². The molecule has 8 amide bonds. The quantitative estimate of drug-likeness (QED) is 0.0245. The van der Waals surface area contributed by atoms with Crippen molar-refractivity contribution in [2.45, 2.75) is 239 Å². The second-order valence-electron chi connectivity index (χ2n) is 43.6. The standard InChI is InChI=1S/C31H40BF2N3O6.C25H28BrF2N3O4.C20H20BrF2N3O2.C12H24B2O4.C10H18O5.B2/c1-28(2,3)41-27(39)37-17-20-15-36(26(38)35-25-13-23(33)12-24(34)14-25)16-21(18-37)31(20,40)19-8-10-22(11-9-19)32-42-29(4,5)30(6,7)43-32;1-24(2,3)35-23(33)31-13-16-11-30(22(32)29-21-9-19(27)8-20(28)10-21)12-17(14-31)25(16,34)15-4-6-18(26)7-5-15;21-15-3-1-12(2-4-15)20(28)13-8-24-9-14(20)11-26(10-13)19(27)25-18-6-16(22)5-17(23)7-18;1-9(2)10(3,4)16-13(15-9)14-17-11(5,6)12(7,8)18-14;1-9(2,3)14-7(11)13-8(12)15-10(4,5)6;1-2/h8-14,20-21,40H,15-18H2,1-7H3,(H,35,38);4-10,16-17,34H,11-14H2,1-3H3,(H,29,32);1-7,13-14,24,28H,8-11H2,(H,25,27);1-8H3;1-6H3;. The minimum atomic E-state index is -1.37. The maximum absolute atomic E-state index is 13.7. The summed E-state index contributed by atoms with van der Waals surface area (Å²) in [7, 11) is 6.49. The van der Waals surface area contributed by atoms with Gasteiger partial charge in [0.15, 0.2) is 0 Å². The van der Waals surface area contributed by atoms with E-state index in [1.54, 1.807) is 97.8 Å².